The van der Waals surface area contributed by atoms with Gasteiger partial charge in [0.05, 0.1) is 5.39 Å². The highest BCUT2D eigenvalue weighted by molar-refractivity contribution is 5.97. The molecule has 26 heavy (non-hydrogen) atoms. The van der Waals surface area contributed by atoms with E-state index in [-0.39, 0.29) is 22.9 Å². The van der Waals surface area contributed by atoms with Crippen molar-refractivity contribution in [1.82, 2.24) is 0 Å². The Morgan fingerprint density at radius 2 is 1.88 bits per heavy atom. The highest BCUT2D eigenvalue weighted by Gasteiger charge is 2.10. The molecule has 5 N–H and O–H groups in total. The van der Waals surface area contributed by atoms with Crippen LogP contribution >= 0.6 is 0 Å². The Morgan fingerprint density at radius 3 is 2.62 bits per heavy atom. The molecule has 0 aliphatic carbocycles. The molecule has 0 aliphatic rings. The van der Waals surface area contributed by atoms with Crippen LogP contribution in [0.4, 0.5) is 5.69 Å². The van der Waals surface area contributed by atoms with Crippen molar-refractivity contribution >= 4 is 28.4 Å². The lowest BCUT2D eigenvalue weighted by Crippen LogP contribution is -2.18. The summed E-state index contributed by atoms with van der Waals surface area (Å²) in [6.45, 7) is 2.18. The molecule has 140 valence electrons. The second-order valence-corrected chi connectivity index (χ2v) is 6.27. The van der Waals surface area contributed by atoms with Gasteiger partial charge in [-0.2, -0.15) is 5.10 Å². The third-order valence-electron chi connectivity index (χ3n) is 4.16. The van der Waals surface area contributed by atoms with E-state index in [1.807, 2.05) is 0 Å². The van der Waals surface area contributed by atoms with Gasteiger partial charge < -0.3 is 21.3 Å². The minimum absolute atomic E-state index is 0.0552. The van der Waals surface area contributed by atoms with Gasteiger partial charge in [-0.25, -0.2) is 0 Å². The number of unbranched alkanes of at least 4 members (excludes halogenated alkanes) is 5. The Bertz CT molecular complexity index is 842. The van der Waals surface area contributed by atoms with E-state index in [4.69, 9.17) is 16.0 Å². The van der Waals surface area contributed by atoms with Gasteiger partial charge in [0.15, 0.2) is 17.0 Å². The Labute approximate surface area is 152 Å². The fourth-order valence-electron chi connectivity index (χ4n) is 2.71. The molecule has 0 aliphatic heterocycles. The van der Waals surface area contributed by atoms with Gasteiger partial charge >= 0.3 is 0 Å². The van der Waals surface area contributed by atoms with Crippen molar-refractivity contribution in [3.05, 3.63) is 40.2 Å². The minimum atomic E-state index is -0.278. The molecule has 7 nitrogen and oxygen atoms in total. The largest absolute Gasteiger partial charge is 0.452 e. The summed E-state index contributed by atoms with van der Waals surface area (Å²) in [5.74, 6) is 5.11. The first kappa shape index (κ1) is 19.5. The number of anilines is 1. The Kier molecular flexibility index (Phi) is 7.20. The van der Waals surface area contributed by atoms with Crippen molar-refractivity contribution in [1.29, 1.82) is 0 Å². The maximum atomic E-state index is 12.2. The van der Waals surface area contributed by atoms with Crippen LogP contribution in [0.5, 0.6) is 0 Å². The van der Waals surface area contributed by atoms with Crippen LogP contribution in [0.3, 0.4) is 0 Å². The third kappa shape index (κ3) is 5.34. The van der Waals surface area contributed by atoms with Crippen molar-refractivity contribution in [3.63, 3.8) is 0 Å². The number of hydrazone groups is 1. The van der Waals surface area contributed by atoms with E-state index in [2.05, 4.69) is 17.3 Å². The highest BCUT2D eigenvalue weighted by atomic mass is 16.3. The number of fused-ring (bicyclic) bond motifs is 1. The number of carbonyl (C=O) groups excluding carboxylic acids is 1. The van der Waals surface area contributed by atoms with Crippen LogP contribution in [-0.4, -0.2) is 11.7 Å². The fourth-order valence-corrected chi connectivity index (χ4v) is 2.71. The monoisotopic (exact) mass is 358 g/mol. The van der Waals surface area contributed by atoms with Crippen molar-refractivity contribution in [2.24, 2.45) is 16.7 Å². The maximum Gasteiger partial charge on any atom is 0.224 e. The van der Waals surface area contributed by atoms with Gasteiger partial charge in [0.25, 0.3) is 0 Å². The molecular weight excluding hydrogens is 332 g/mol. The molecule has 0 radical (unpaired) electrons. The molecule has 1 amide bonds. The van der Waals surface area contributed by atoms with E-state index in [0.29, 0.717) is 23.1 Å². The van der Waals surface area contributed by atoms with Crippen LogP contribution in [0.2, 0.25) is 0 Å². The summed E-state index contributed by atoms with van der Waals surface area (Å²) in [6, 6.07) is 6.13. The molecule has 0 saturated carbocycles. The van der Waals surface area contributed by atoms with Gasteiger partial charge in [0.1, 0.15) is 5.58 Å². The van der Waals surface area contributed by atoms with Gasteiger partial charge in [0.2, 0.25) is 5.91 Å². The van der Waals surface area contributed by atoms with Crippen molar-refractivity contribution in [3.8, 4) is 0 Å². The smallest absolute Gasteiger partial charge is 0.224 e. The number of hydrogen-bond donors (Lipinski definition) is 3. The summed E-state index contributed by atoms with van der Waals surface area (Å²) in [5, 5.41) is 6.50. The van der Waals surface area contributed by atoms with Gasteiger partial charge in [0, 0.05) is 18.2 Å². The zero-order chi connectivity index (χ0) is 18.9. The third-order valence-corrected chi connectivity index (χ3v) is 4.16. The molecule has 2 aromatic rings. The molecule has 1 aromatic heterocycles. The topological polar surface area (TPSA) is 124 Å². The van der Waals surface area contributed by atoms with Crippen LogP contribution in [-0.2, 0) is 4.79 Å². The predicted molar refractivity (Wildman–Crippen MR) is 104 cm³/mol. The number of nitrogens with zero attached hydrogens (tertiary/aromatic N) is 1. The van der Waals surface area contributed by atoms with Crippen molar-refractivity contribution in [2.45, 2.75) is 51.9 Å². The van der Waals surface area contributed by atoms with Gasteiger partial charge in [-0.1, -0.05) is 39.0 Å². The molecule has 7 heteroatoms. The number of benzene rings is 1. The summed E-state index contributed by atoms with van der Waals surface area (Å²) in [6.07, 6.45) is 7.24. The van der Waals surface area contributed by atoms with E-state index < -0.39 is 0 Å². The first-order valence-corrected chi connectivity index (χ1v) is 8.96. The van der Waals surface area contributed by atoms with E-state index in [0.717, 1.165) is 19.3 Å². The van der Waals surface area contributed by atoms with E-state index in [9.17, 15) is 9.59 Å². The van der Waals surface area contributed by atoms with Crippen molar-refractivity contribution < 1.29 is 9.21 Å². The lowest BCUT2D eigenvalue weighted by Gasteiger charge is -2.07. The van der Waals surface area contributed by atoms with E-state index in [1.165, 1.54) is 25.3 Å². The Morgan fingerprint density at radius 1 is 1.15 bits per heavy atom. The van der Waals surface area contributed by atoms with E-state index >= 15 is 0 Å². The van der Waals surface area contributed by atoms with Crippen LogP contribution in [0, 0.1) is 0 Å². The molecule has 0 spiro atoms. The summed E-state index contributed by atoms with van der Waals surface area (Å²) in [4.78, 5) is 24.3. The average Bonchev–Trinajstić information content (AvgIpc) is 2.64. The van der Waals surface area contributed by atoms with E-state index in [1.54, 1.807) is 18.2 Å². The van der Waals surface area contributed by atoms with Gasteiger partial charge in [-0.3, -0.25) is 9.59 Å². The van der Waals surface area contributed by atoms with Crippen LogP contribution in [0.15, 0.2) is 38.6 Å². The van der Waals surface area contributed by atoms with Crippen molar-refractivity contribution in [2.75, 3.05) is 5.32 Å². The quantitative estimate of drug-likeness (QED) is 0.209. The summed E-state index contributed by atoms with van der Waals surface area (Å²) in [7, 11) is 0. The number of nitrogens with one attached hydrogen (secondary N) is 1. The number of amides is 1. The molecule has 0 saturated heterocycles. The fraction of sp³-hybridized carbons (Fsp3) is 0.421. The van der Waals surface area contributed by atoms with Crippen LogP contribution in [0.1, 0.15) is 57.6 Å². The van der Waals surface area contributed by atoms with Gasteiger partial charge in [-0.15, -0.1) is 0 Å². The summed E-state index contributed by atoms with van der Waals surface area (Å²) >= 11 is 0. The zero-order valence-electron chi connectivity index (χ0n) is 15.1. The molecular formula is C19H26N4O3. The Balaban J connectivity index is 1.99. The molecule has 0 fully saturated rings. The zero-order valence-corrected chi connectivity index (χ0v) is 15.1. The number of hydrogen-bond acceptors (Lipinski definition) is 5. The Hall–Kier alpha value is -2.83. The molecule has 0 atom stereocenters. The normalized spacial score (nSPS) is 11.7. The number of rotatable bonds is 9. The average molecular weight is 358 g/mol. The first-order chi connectivity index (χ1) is 12.5. The molecule has 0 bridgehead atoms. The molecule has 1 aromatic carbocycles. The second kappa shape index (κ2) is 9.60. The van der Waals surface area contributed by atoms with Gasteiger partial charge in [-0.05, 0) is 24.6 Å². The first-order valence-electron chi connectivity index (χ1n) is 8.96. The number of nitrogens with two attached hydrogens (primary N) is 2. The van der Waals surface area contributed by atoms with Crippen LogP contribution in [0.25, 0.3) is 11.0 Å². The molecule has 1 heterocycles. The predicted octanol–water partition coefficient (Wildman–Crippen LogP) is 3.06. The molecule has 2 rings (SSSR count). The highest BCUT2D eigenvalue weighted by Crippen LogP contribution is 2.18. The molecule has 0 unspecified atom stereocenters. The number of carbonyl (C=O) groups is 1. The lowest BCUT2D eigenvalue weighted by molar-refractivity contribution is -0.116. The maximum absolute atomic E-state index is 12.2. The summed E-state index contributed by atoms with van der Waals surface area (Å²) in [5.41, 5.74) is 6.21. The lowest BCUT2D eigenvalue weighted by atomic mass is 10.1. The summed E-state index contributed by atoms with van der Waals surface area (Å²) < 4.78 is 5.52. The SMILES string of the molecule is CCCCCCCCC(=O)Nc1ccc2oc(C(N)=NN)cc(=O)c2c1. The second-order valence-electron chi connectivity index (χ2n) is 6.27. The standard InChI is InChI=1S/C19H26N4O3/c1-2-3-4-5-6-7-8-18(25)22-13-9-10-16-14(11-13)15(24)12-17(26-16)19(20)23-21/h9-12H,2-8,21H2,1H3,(H2,20,23)(H,22,25). The number of amidine groups is 1. The van der Waals surface area contributed by atoms with Crippen LogP contribution < -0.4 is 22.3 Å². The minimum Gasteiger partial charge on any atom is -0.452 e.